The molecule has 2 atom stereocenters. The number of fused-ring (bicyclic) bond motifs is 1. The van der Waals surface area contributed by atoms with E-state index in [0.717, 1.165) is 11.1 Å². The van der Waals surface area contributed by atoms with Crippen LogP contribution in [0.25, 0.3) is 0 Å². The Balaban J connectivity index is 0.00000353. The molecule has 1 aliphatic carbocycles. The van der Waals surface area contributed by atoms with Gasteiger partial charge in [0.15, 0.2) is 0 Å². The van der Waals surface area contributed by atoms with Gasteiger partial charge in [0, 0.05) is 32.4 Å². The van der Waals surface area contributed by atoms with Crippen LogP contribution in [-0.2, 0) is 22.1 Å². The number of aromatic nitrogens is 1. The first-order valence-electron chi connectivity index (χ1n) is 13.0. The molecule has 1 saturated heterocycles. The maximum absolute atomic E-state index is 13.7. The molecule has 0 saturated carbocycles. The van der Waals surface area contributed by atoms with Crippen LogP contribution in [0, 0.1) is 0 Å². The predicted molar refractivity (Wildman–Crippen MR) is 152 cm³/mol. The van der Waals surface area contributed by atoms with Crippen molar-refractivity contribution in [2.45, 2.75) is 43.1 Å². The summed E-state index contributed by atoms with van der Waals surface area (Å²) in [5.74, 6) is -1.73. The van der Waals surface area contributed by atoms with Gasteiger partial charge >= 0.3 is 5.97 Å². The van der Waals surface area contributed by atoms with Gasteiger partial charge in [-0.2, -0.15) is 13.5 Å². The van der Waals surface area contributed by atoms with Crippen molar-refractivity contribution in [3.8, 4) is 0 Å². The third-order valence-electron chi connectivity index (χ3n) is 8.04. The van der Waals surface area contributed by atoms with Crippen LogP contribution in [0.4, 0.5) is 0 Å². The van der Waals surface area contributed by atoms with Gasteiger partial charge in [0.05, 0.1) is 5.92 Å². The number of pyridine rings is 1. The first kappa shape index (κ1) is 28.2. The minimum absolute atomic E-state index is 0. The SMILES string of the molecule is Cn1cccc(C(=O)NC2CCN(C(=O)[C@H]3CC[C@@](C(=O)O)(c4ccccc4)c4ccccc43)CC2)c1=O.S. The molecule has 5 rings (SSSR count). The fourth-order valence-electron chi connectivity index (χ4n) is 5.96. The zero-order valence-electron chi connectivity index (χ0n) is 21.8. The molecule has 2 amide bonds. The Bertz CT molecular complexity index is 1430. The molecule has 1 aliphatic heterocycles. The molecular formula is C30H33N3O5S. The number of carbonyl (C=O) groups excluding carboxylic acids is 2. The number of rotatable bonds is 5. The highest BCUT2D eigenvalue weighted by atomic mass is 32.1. The molecule has 0 spiro atoms. The number of aryl methyl sites for hydroxylation is 1. The normalized spacial score (nSPS) is 20.8. The molecule has 1 fully saturated rings. The Morgan fingerprint density at radius 1 is 0.923 bits per heavy atom. The van der Waals surface area contributed by atoms with Crippen molar-refractivity contribution in [3.63, 3.8) is 0 Å². The Hall–Kier alpha value is -3.85. The monoisotopic (exact) mass is 547 g/mol. The number of carboxylic acids is 1. The van der Waals surface area contributed by atoms with Crippen LogP contribution in [0.3, 0.4) is 0 Å². The Morgan fingerprint density at radius 2 is 1.59 bits per heavy atom. The molecule has 0 unspecified atom stereocenters. The number of carbonyl (C=O) groups is 3. The Labute approximate surface area is 234 Å². The first-order valence-corrected chi connectivity index (χ1v) is 13.0. The summed E-state index contributed by atoms with van der Waals surface area (Å²) in [5.41, 5.74) is 0.727. The molecule has 39 heavy (non-hydrogen) atoms. The summed E-state index contributed by atoms with van der Waals surface area (Å²) in [7, 11) is 1.60. The van der Waals surface area contributed by atoms with Gasteiger partial charge < -0.3 is 19.9 Å². The number of hydrogen-bond donors (Lipinski definition) is 2. The van der Waals surface area contributed by atoms with Crippen LogP contribution in [0.15, 0.2) is 77.7 Å². The lowest BCUT2D eigenvalue weighted by molar-refractivity contribution is -0.144. The van der Waals surface area contributed by atoms with E-state index in [2.05, 4.69) is 5.32 Å². The molecule has 2 N–H and O–H groups in total. The standard InChI is InChI=1S/C30H31N3O5.H2S/c1-32-17-7-11-24(27(32)35)26(34)31-21-14-18-33(19-15-21)28(36)23-13-16-30(29(37)38,20-8-3-2-4-9-20)25-12-6-5-10-22(23)25;/h2-12,17,21,23H,13-16,18-19H2,1H3,(H,31,34)(H,37,38);1H2/t23-,30+;/m0./s1. The van der Waals surface area contributed by atoms with E-state index in [9.17, 15) is 24.3 Å². The smallest absolute Gasteiger partial charge is 0.318 e. The maximum atomic E-state index is 13.7. The fraction of sp³-hybridized carbons (Fsp3) is 0.333. The van der Waals surface area contributed by atoms with Gasteiger partial charge in [0.25, 0.3) is 11.5 Å². The number of nitrogens with one attached hydrogen (secondary N) is 1. The molecule has 2 heterocycles. The topological polar surface area (TPSA) is 109 Å². The van der Waals surface area contributed by atoms with Crippen LogP contribution in [0.2, 0.25) is 0 Å². The van der Waals surface area contributed by atoms with Gasteiger partial charge in [0.2, 0.25) is 5.91 Å². The van der Waals surface area contributed by atoms with Crippen molar-refractivity contribution in [2.75, 3.05) is 13.1 Å². The highest BCUT2D eigenvalue weighted by molar-refractivity contribution is 7.59. The molecule has 2 aliphatic rings. The number of aliphatic carboxylic acids is 1. The largest absolute Gasteiger partial charge is 0.480 e. The highest BCUT2D eigenvalue weighted by Crippen LogP contribution is 2.47. The van der Waals surface area contributed by atoms with Crippen molar-refractivity contribution in [3.05, 3.63) is 106 Å². The van der Waals surface area contributed by atoms with Gasteiger partial charge in [-0.25, -0.2) is 0 Å². The molecular weight excluding hydrogens is 514 g/mol. The van der Waals surface area contributed by atoms with Gasteiger partial charge in [-0.05, 0) is 54.5 Å². The first-order chi connectivity index (χ1) is 18.3. The summed E-state index contributed by atoms with van der Waals surface area (Å²) in [5, 5.41) is 13.4. The average molecular weight is 548 g/mol. The average Bonchev–Trinajstić information content (AvgIpc) is 2.94. The molecule has 2 aromatic carbocycles. The Kier molecular flexibility index (Phi) is 8.30. The second kappa shape index (κ2) is 11.5. The number of likely N-dealkylation sites (tertiary alicyclic amines) is 1. The van der Waals surface area contributed by atoms with Crippen LogP contribution in [-0.4, -0.2) is 51.5 Å². The fourth-order valence-corrected chi connectivity index (χ4v) is 5.96. The third kappa shape index (κ3) is 5.11. The van der Waals surface area contributed by atoms with Gasteiger partial charge in [-0.1, -0.05) is 54.6 Å². The zero-order chi connectivity index (χ0) is 26.9. The van der Waals surface area contributed by atoms with E-state index in [4.69, 9.17) is 0 Å². The molecule has 204 valence electrons. The van der Waals surface area contributed by atoms with Crippen molar-refractivity contribution >= 4 is 31.3 Å². The highest BCUT2D eigenvalue weighted by Gasteiger charge is 2.49. The van der Waals surface area contributed by atoms with E-state index in [-0.39, 0.29) is 36.6 Å². The third-order valence-corrected chi connectivity index (χ3v) is 8.04. The predicted octanol–water partition coefficient (Wildman–Crippen LogP) is 3.17. The summed E-state index contributed by atoms with van der Waals surface area (Å²) >= 11 is 0. The zero-order valence-corrected chi connectivity index (χ0v) is 22.8. The maximum Gasteiger partial charge on any atom is 0.318 e. The molecule has 3 aromatic rings. The summed E-state index contributed by atoms with van der Waals surface area (Å²) < 4.78 is 1.37. The molecule has 0 radical (unpaired) electrons. The minimum Gasteiger partial charge on any atom is -0.480 e. The van der Waals surface area contributed by atoms with E-state index in [1.165, 1.54) is 10.6 Å². The quantitative estimate of drug-likeness (QED) is 0.510. The summed E-state index contributed by atoms with van der Waals surface area (Å²) in [6, 6.07) is 19.7. The Morgan fingerprint density at radius 3 is 2.28 bits per heavy atom. The molecule has 9 heteroatoms. The van der Waals surface area contributed by atoms with E-state index >= 15 is 0 Å². The lowest BCUT2D eigenvalue weighted by Crippen LogP contribution is -2.49. The van der Waals surface area contributed by atoms with E-state index in [0.29, 0.717) is 44.3 Å². The number of nitrogens with zero attached hydrogens (tertiary/aromatic N) is 2. The van der Waals surface area contributed by atoms with Gasteiger partial charge in [0.1, 0.15) is 11.0 Å². The molecule has 0 bridgehead atoms. The number of benzene rings is 2. The second-order valence-corrected chi connectivity index (χ2v) is 10.2. The van der Waals surface area contributed by atoms with Crippen molar-refractivity contribution in [1.82, 2.24) is 14.8 Å². The van der Waals surface area contributed by atoms with E-state index in [1.54, 1.807) is 19.3 Å². The van der Waals surface area contributed by atoms with E-state index < -0.39 is 23.2 Å². The second-order valence-electron chi connectivity index (χ2n) is 10.2. The minimum atomic E-state index is -1.19. The summed E-state index contributed by atoms with van der Waals surface area (Å²) in [4.78, 5) is 53.2. The summed E-state index contributed by atoms with van der Waals surface area (Å²) in [6.45, 7) is 0.968. The van der Waals surface area contributed by atoms with Crippen molar-refractivity contribution in [1.29, 1.82) is 0 Å². The number of carboxylic acid groups (broad SMARTS) is 1. The number of hydrogen-bond acceptors (Lipinski definition) is 4. The van der Waals surface area contributed by atoms with Crippen LogP contribution < -0.4 is 10.9 Å². The van der Waals surface area contributed by atoms with Crippen molar-refractivity contribution < 1.29 is 19.5 Å². The molecule has 1 aromatic heterocycles. The molecule has 8 nitrogen and oxygen atoms in total. The van der Waals surface area contributed by atoms with Crippen molar-refractivity contribution in [2.24, 2.45) is 7.05 Å². The van der Waals surface area contributed by atoms with Crippen LogP contribution in [0.5, 0.6) is 0 Å². The van der Waals surface area contributed by atoms with Crippen LogP contribution in [0.1, 0.15) is 58.6 Å². The van der Waals surface area contributed by atoms with Crippen LogP contribution >= 0.6 is 13.5 Å². The number of piperidine rings is 1. The number of amides is 2. The van der Waals surface area contributed by atoms with Gasteiger partial charge in [-0.3, -0.25) is 19.2 Å². The summed E-state index contributed by atoms with van der Waals surface area (Å²) in [6.07, 6.45) is 3.54. The lowest BCUT2D eigenvalue weighted by atomic mass is 9.63. The van der Waals surface area contributed by atoms with Gasteiger partial charge in [-0.15, -0.1) is 0 Å². The lowest BCUT2D eigenvalue weighted by Gasteiger charge is -2.41. The van der Waals surface area contributed by atoms with E-state index in [1.807, 2.05) is 59.5 Å².